The van der Waals surface area contributed by atoms with Crippen LogP contribution in [-0.4, -0.2) is 71.1 Å². The Bertz CT molecular complexity index is 1270. The van der Waals surface area contributed by atoms with Crippen LogP contribution in [0.1, 0.15) is 10.6 Å². The van der Waals surface area contributed by atoms with Crippen LogP contribution in [0, 0.1) is 0 Å². The lowest BCUT2D eigenvalue weighted by atomic mass is 10.2. The number of piperazine rings is 1. The minimum absolute atomic E-state index is 0.177. The van der Waals surface area contributed by atoms with Gasteiger partial charge in [-0.25, -0.2) is 15.0 Å². The monoisotopic (exact) mass is 445 g/mol. The van der Waals surface area contributed by atoms with Gasteiger partial charge in [-0.3, -0.25) is 4.79 Å². The number of hydrogen-bond donors (Lipinski definition) is 1. The molecule has 0 saturated carbocycles. The Morgan fingerprint density at radius 1 is 0.879 bits per heavy atom. The molecule has 0 radical (unpaired) electrons. The summed E-state index contributed by atoms with van der Waals surface area (Å²) in [5, 5.41) is 0.694. The Kier molecular flexibility index (Phi) is 5.25. The number of methoxy groups -OCH3 is 2. The smallest absolute Gasteiger partial charge is 0.291 e. The minimum Gasteiger partial charge on any atom is -0.493 e. The Labute approximate surface area is 190 Å². The highest BCUT2D eigenvalue weighted by Gasteiger charge is 2.27. The molecule has 3 aliphatic rings. The van der Waals surface area contributed by atoms with Gasteiger partial charge in [-0.05, 0) is 18.2 Å². The van der Waals surface area contributed by atoms with E-state index < -0.39 is 0 Å². The van der Waals surface area contributed by atoms with E-state index in [1.54, 1.807) is 31.3 Å². The molecule has 1 fully saturated rings. The number of nitrogens with two attached hydrogens (primary N) is 1. The van der Waals surface area contributed by atoms with Gasteiger partial charge in [0.15, 0.2) is 11.5 Å². The standard InChI is InChI=1S/C23H23N7O3/c1-32-18-12-14-17(13-19(18)33-2)27-23(28-20(14)24)30-10-8-29(9-11-30)22(31)21-25-15-6-4-3-5-7-16(15)26-21/h3-7,12-13H,8-11H2,1-2H3,(H2,24,27,28). The molecule has 1 saturated heterocycles. The van der Waals surface area contributed by atoms with Crippen LogP contribution >= 0.6 is 0 Å². The molecule has 1 amide bonds. The van der Waals surface area contributed by atoms with E-state index in [4.69, 9.17) is 15.2 Å². The van der Waals surface area contributed by atoms with Crippen LogP contribution in [0.15, 0.2) is 42.5 Å². The van der Waals surface area contributed by atoms with Crippen molar-refractivity contribution in [1.29, 1.82) is 0 Å². The number of aromatic nitrogens is 4. The molecule has 1 aromatic carbocycles. The van der Waals surface area contributed by atoms with Crippen LogP contribution in [0.25, 0.3) is 22.3 Å². The van der Waals surface area contributed by atoms with Crippen LogP contribution in [0.3, 0.4) is 0 Å². The minimum atomic E-state index is -0.177. The molecule has 10 heteroatoms. The van der Waals surface area contributed by atoms with Gasteiger partial charge in [-0.15, -0.1) is 0 Å². The first-order valence-corrected chi connectivity index (χ1v) is 10.5. The summed E-state index contributed by atoms with van der Waals surface area (Å²) in [6.07, 6.45) is 0. The number of amides is 1. The fraction of sp³-hybridized carbons (Fsp3) is 0.261. The van der Waals surface area contributed by atoms with E-state index in [0.29, 0.717) is 71.7 Å². The van der Waals surface area contributed by atoms with Crippen LogP contribution < -0.4 is 20.1 Å². The van der Waals surface area contributed by atoms with Crippen molar-refractivity contribution in [3.8, 4) is 22.9 Å². The molecule has 3 heterocycles. The van der Waals surface area contributed by atoms with Gasteiger partial charge >= 0.3 is 0 Å². The molecule has 168 valence electrons. The van der Waals surface area contributed by atoms with Crippen molar-refractivity contribution in [1.82, 2.24) is 24.8 Å². The zero-order chi connectivity index (χ0) is 22.9. The molecule has 10 nitrogen and oxygen atoms in total. The quantitative estimate of drug-likeness (QED) is 0.503. The largest absolute Gasteiger partial charge is 0.493 e. The molecule has 2 aromatic rings. The summed E-state index contributed by atoms with van der Waals surface area (Å²) in [6, 6.07) is 12.9. The van der Waals surface area contributed by atoms with Gasteiger partial charge in [-0.1, -0.05) is 18.2 Å². The molecule has 2 N–H and O–H groups in total. The maximum absolute atomic E-state index is 13.0. The van der Waals surface area contributed by atoms with E-state index in [1.165, 1.54) is 0 Å². The molecule has 2 aliphatic heterocycles. The summed E-state index contributed by atoms with van der Waals surface area (Å²) in [5.74, 6) is 2.05. The van der Waals surface area contributed by atoms with Crippen molar-refractivity contribution in [2.24, 2.45) is 0 Å². The van der Waals surface area contributed by atoms with Gasteiger partial charge in [0, 0.05) is 37.6 Å². The SMILES string of the molecule is COc1cc2nc(N3CCN(C(=O)c4nc5cccccc-5n4)CC3)nc(N)c2cc1OC. The highest BCUT2D eigenvalue weighted by Crippen LogP contribution is 2.34. The maximum Gasteiger partial charge on any atom is 0.291 e. The fourth-order valence-corrected chi connectivity index (χ4v) is 3.93. The highest BCUT2D eigenvalue weighted by molar-refractivity contribution is 5.93. The summed E-state index contributed by atoms with van der Waals surface area (Å²) in [6.45, 7) is 2.15. The van der Waals surface area contributed by atoms with E-state index in [2.05, 4.69) is 19.9 Å². The van der Waals surface area contributed by atoms with E-state index in [-0.39, 0.29) is 11.7 Å². The molecule has 5 rings (SSSR count). The van der Waals surface area contributed by atoms with Gasteiger partial charge in [0.1, 0.15) is 5.82 Å². The number of hydrogen-bond acceptors (Lipinski definition) is 9. The van der Waals surface area contributed by atoms with Gasteiger partial charge in [0.05, 0.1) is 31.1 Å². The lowest BCUT2D eigenvalue weighted by Crippen LogP contribution is -2.49. The van der Waals surface area contributed by atoms with Crippen LogP contribution in [0.4, 0.5) is 11.8 Å². The third kappa shape index (κ3) is 3.79. The second-order valence-electron chi connectivity index (χ2n) is 7.64. The topological polar surface area (TPSA) is 120 Å². The third-order valence-corrected chi connectivity index (χ3v) is 5.71. The first kappa shape index (κ1) is 20.7. The van der Waals surface area contributed by atoms with Gasteiger partial charge in [0.25, 0.3) is 5.91 Å². The number of ether oxygens (including phenoxy) is 2. The first-order valence-electron chi connectivity index (χ1n) is 10.5. The molecule has 0 unspecified atom stereocenters. The average molecular weight is 445 g/mol. The first-order chi connectivity index (χ1) is 16.1. The summed E-state index contributed by atoms with van der Waals surface area (Å²) in [5.41, 5.74) is 8.29. The van der Waals surface area contributed by atoms with Crippen molar-refractivity contribution in [2.45, 2.75) is 0 Å². The number of nitrogen functional groups attached to an aromatic ring is 1. The van der Waals surface area contributed by atoms with Crippen LogP contribution in [0.2, 0.25) is 0 Å². The summed E-state index contributed by atoms with van der Waals surface area (Å²) < 4.78 is 10.7. The maximum atomic E-state index is 13.0. The lowest BCUT2D eigenvalue weighted by molar-refractivity contribution is 0.0735. The Balaban J connectivity index is 1.34. The van der Waals surface area contributed by atoms with Gasteiger partial charge in [0.2, 0.25) is 11.8 Å². The Morgan fingerprint density at radius 3 is 2.15 bits per heavy atom. The molecule has 0 spiro atoms. The predicted molar refractivity (Wildman–Crippen MR) is 124 cm³/mol. The Morgan fingerprint density at radius 2 is 1.52 bits per heavy atom. The number of carbonyl (C=O) groups is 1. The normalized spacial score (nSPS) is 14.0. The van der Waals surface area contributed by atoms with Crippen molar-refractivity contribution in [3.05, 3.63) is 48.3 Å². The van der Waals surface area contributed by atoms with Gasteiger partial charge in [-0.2, -0.15) is 4.98 Å². The number of benzene rings is 1. The molecule has 1 aliphatic carbocycles. The summed E-state index contributed by atoms with van der Waals surface area (Å²) >= 11 is 0. The van der Waals surface area contributed by atoms with E-state index in [1.807, 2.05) is 35.2 Å². The summed E-state index contributed by atoms with van der Waals surface area (Å²) in [7, 11) is 3.14. The number of fused-ring (bicyclic) bond motifs is 2. The van der Waals surface area contributed by atoms with Crippen molar-refractivity contribution in [3.63, 3.8) is 0 Å². The van der Waals surface area contributed by atoms with E-state index in [0.717, 1.165) is 0 Å². The molecular formula is C23H23N7O3. The van der Waals surface area contributed by atoms with E-state index in [9.17, 15) is 4.79 Å². The summed E-state index contributed by atoms with van der Waals surface area (Å²) in [4.78, 5) is 34.7. The van der Waals surface area contributed by atoms with Crippen molar-refractivity contribution in [2.75, 3.05) is 51.0 Å². The second kappa shape index (κ2) is 8.38. The molecule has 1 aromatic heterocycles. The fourth-order valence-electron chi connectivity index (χ4n) is 3.93. The predicted octanol–water partition coefficient (Wildman–Crippen LogP) is 2.09. The number of nitrogens with zero attached hydrogens (tertiary/aromatic N) is 6. The zero-order valence-corrected chi connectivity index (χ0v) is 18.4. The third-order valence-electron chi connectivity index (χ3n) is 5.71. The molecule has 0 bridgehead atoms. The lowest BCUT2D eigenvalue weighted by Gasteiger charge is -2.34. The number of rotatable bonds is 4. The van der Waals surface area contributed by atoms with Crippen molar-refractivity contribution < 1.29 is 14.3 Å². The van der Waals surface area contributed by atoms with Crippen LogP contribution in [-0.2, 0) is 0 Å². The number of imidazole rings is 1. The highest BCUT2D eigenvalue weighted by atomic mass is 16.5. The molecule has 33 heavy (non-hydrogen) atoms. The number of anilines is 2. The Hall–Kier alpha value is -4.21. The second-order valence-corrected chi connectivity index (χ2v) is 7.64. The molecular weight excluding hydrogens is 422 g/mol. The molecule has 0 atom stereocenters. The van der Waals surface area contributed by atoms with Crippen molar-refractivity contribution >= 4 is 28.6 Å². The number of carbonyl (C=O) groups excluding carboxylic acids is 1. The van der Waals surface area contributed by atoms with Crippen LogP contribution in [0.5, 0.6) is 11.5 Å². The van der Waals surface area contributed by atoms with E-state index >= 15 is 0 Å². The zero-order valence-electron chi connectivity index (χ0n) is 18.4. The van der Waals surface area contributed by atoms with Gasteiger partial charge < -0.3 is 25.0 Å². The average Bonchev–Trinajstić information content (AvgIpc) is 3.13.